The number of hydrogen-bond donors (Lipinski definition) is 2. The smallest absolute Gasteiger partial charge is 0.138 e. The fraction of sp³-hybridized carbons (Fsp3) is 0.135. The summed E-state index contributed by atoms with van der Waals surface area (Å²) in [6.45, 7) is 0. The summed E-state index contributed by atoms with van der Waals surface area (Å²) in [4.78, 5) is 0. The van der Waals surface area contributed by atoms with Crippen molar-refractivity contribution >= 4 is 44.5 Å². The van der Waals surface area contributed by atoms with E-state index in [-0.39, 0.29) is 12.0 Å². The molecule has 0 spiro atoms. The number of furan rings is 1. The molecule has 10 rings (SSSR count). The van der Waals surface area contributed by atoms with Gasteiger partial charge in [0.05, 0.1) is 11.7 Å². The van der Waals surface area contributed by atoms with Gasteiger partial charge < -0.3 is 20.0 Å². The normalized spacial score (nSPS) is 17.8. The summed E-state index contributed by atoms with van der Waals surface area (Å²) in [7, 11) is 0. The Kier molecular flexibility index (Phi) is 8.84. The molecule has 272 valence electrons. The number of rotatable bonds is 8. The molecule has 0 fully saturated rings. The van der Waals surface area contributed by atoms with Crippen molar-refractivity contribution in [2.75, 3.05) is 0 Å². The van der Waals surface area contributed by atoms with Crippen molar-refractivity contribution in [1.29, 1.82) is 0 Å². The van der Waals surface area contributed by atoms with E-state index in [1.807, 2.05) is 18.2 Å². The van der Waals surface area contributed by atoms with Crippen LogP contribution in [0.2, 0.25) is 0 Å². The van der Waals surface area contributed by atoms with Crippen molar-refractivity contribution < 1.29 is 4.42 Å². The molecule has 0 radical (unpaired) electrons. The van der Waals surface area contributed by atoms with E-state index in [0.29, 0.717) is 0 Å². The lowest BCUT2D eigenvalue weighted by Crippen LogP contribution is -2.27. The van der Waals surface area contributed by atoms with Gasteiger partial charge in [-0.2, -0.15) is 0 Å². The van der Waals surface area contributed by atoms with Crippen LogP contribution in [-0.4, -0.2) is 4.57 Å². The third kappa shape index (κ3) is 6.20. The summed E-state index contributed by atoms with van der Waals surface area (Å²) in [5, 5.41) is 7.25. The third-order valence-electron chi connectivity index (χ3n) is 11.6. The van der Waals surface area contributed by atoms with E-state index in [1.165, 1.54) is 49.5 Å². The number of fused-ring (bicyclic) bond motifs is 6. The number of aromatic nitrogens is 1. The average Bonchev–Trinajstić information content (AvgIpc) is 3.81. The first kappa shape index (κ1) is 33.9. The van der Waals surface area contributed by atoms with Gasteiger partial charge in [-0.25, -0.2) is 0 Å². The Labute approximate surface area is 327 Å². The SMILES string of the molecule is NC(NC(=C=CC1=CC=CCC1)c1ccccc1)c1ccc(-c2ccc3c(c2)c2ccccc2n3C2C=CC=CC2c2cccc3c4c(oc23)CCC=C4)cc1. The van der Waals surface area contributed by atoms with Crippen LogP contribution in [-0.2, 0) is 6.42 Å². The van der Waals surface area contributed by atoms with E-state index in [9.17, 15) is 0 Å². The summed E-state index contributed by atoms with van der Waals surface area (Å²) in [5.74, 6) is 1.21. The molecule has 4 heteroatoms. The topological polar surface area (TPSA) is 56.1 Å². The monoisotopic (exact) mass is 725 g/mol. The van der Waals surface area contributed by atoms with Gasteiger partial charge in [-0.1, -0.05) is 157 Å². The van der Waals surface area contributed by atoms with Crippen molar-refractivity contribution in [2.45, 2.75) is 43.8 Å². The Bertz CT molecular complexity index is 2830. The van der Waals surface area contributed by atoms with E-state index in [1.54, 1.807) is 0 Å². The van der Waals surface area contributed by atoms with Crippen LogP contribution in [0.4, 0.5) is 0 Å². The molecule has 3 unspecified atom stereocenters. The summed E-state index contributed by atoms with van der Waals surface area (Å²) in [6.07, 6.45) is 25.7. The molecule has 3 aliphatic carbocycles. The first-order valence-corrected chi connectivity index (χ1v) is 19.8. The summed E-state index contributed by atoms with van der Waals surface area (Å²) >= 11 is 0. The fourth-order valence-electron chi connectivity index (χ4n) is 8.73. The van der Waals surface area contributed by atoms with Gasteiger partial charge in [-0.3, -0.25) is 0 Å². The Morgan fingerprint density at radius 2 is 1.54 bits per heavy atom. The molecule has 3 atom stereocenters. The minimum atomic E-state index is -0.402. The second-order valence-electron chi connectivity index (χ2n) is 15.0. The minimum absolute atomic E-state index is 0.0747. The highest BCUT2D eigenvalue weighted by Crippen LogP contribution is 2.44. The van der Waals surface area contributed by atoms with Crippen LogP contribution in [0, 0.1) is 0 Å². The Hall–Kier alpha value is -6.58. The van der Waals surface area contributed by atoms with E-state index in [0.717, 1.165) is 59.4 Å². The van der Waals surface area contributed by atoms with E-state index >= 15 is 0 Å². The molecule has 2 aromatic heterocycles. The van der Waals surface area contributed by atoms with Crippen LogP contribution in [0.1, 0.15) is 65.4 Å². The molecule has 56 heavy (non-hydrogen) atoms. The van der Waals surface area contributed by atoms with Gasteiger partial charge in [0, 0.05) is 56.2 Å². The zero-order valence-corrected chi connectivity index (χ0v) is 31.2. The number of nitrogens with zero attached hydrogens (tertiary/aromatic N) is 1. The van der Waals surface area contributed by atoms with Crippen LogP contribution >= 0.6 is 0 Å². The maximum absolute atomic E-state index is 6.82. The first-order chi connectivity index (χ1) is 27.7. The number of hydrogen-bond acceptors (Lipinski definition) is 3. The Balaban J connectivity index is 0.977. The number of para-hydroxylation sites is 2. The zero-order chi connectivity index (χ0) is 37.4. The lowest BCUT2D eigenvalue weighted by Gasteiger charge is -2.28. The predicted octanol–water partition coefficient (Wildman–Crippen LogP) is 12.6. The standard InChI is InChI=1S/C52H43N3O/c53-52(54-46(37-16-5-2-6-17-37)32-26-35-14-3-1-4-15-35)38-29-27-36(28-30-38)39-31-33-49-45(34-39)41-19-8-11-24-48(41)55(49)47-23-10-7-18-40(47)43-21-13-22-44-42-20-9-12-25-50(42)56-51(43)44/h1-3,5-11,13-14,16-24,26-31,33-34,40,47,52,54H,4,12,15,25,53H2. The molecular formula is C52H43N3O. The number of allylic oxidation sites excluding steroid dienone is 10. The molecule has 0 saturated carbocycles. The highest BCUT2D eigenvalue weighted by Gasteiger charge is 2.29. The third-order valence-corrected chi connectivity index (χ3v) is 11.6. The highest BCUT2D eigenvalue weighted by atomic mass is 16.3. The summed E-state index contributed by atoms with van der Waals surface area (Å²) in [6, 6.07) is 41.4. The van der Waals surface area contributed by atoms with Gasteiger partial charge in [-0.05, 0) is 65.8 Å². The van der Waals surface area contributed by atoms with Gasteiger partial charge in [0.15, 0.2) is 0 Å². The van der Waals surface area contributed by atoms with Gasteiger partial charge in [0.2, 0.25) is 0 Å². The van der Waals surface area contributed by atoms with Crippen molar-refractivity contribution in [1.82, 2.24) is 9.88 Å². The van der Waals surface area contributed by atoms with E-state index in [2.05, 4.69) is 173 Å². The number of aryl methyl sites for hydroxylation is 1. The second kappa shape index (κ2) is 14.6. The molecule has 4 nitrogen and oxygen atoms in total. The van der Waals surface area contributed by atoms with Gasteiger partial charge in [0.1, 0.15) is 17.5 Å². The van der Waals surface area contributed by atoms with Gasteiger partial charge in [-0.15, -0.1) is 0 Å². The van der Waals surface area contributed by atoms with Crippen LogP contribution in [0.3, 0.4) is 0 Å². The van der Waals surface area contributed by atoms with Crippen molar-refractivity contribution in [3.8, 4) is 11.1 Å². The molecule has 2 heterocycles. The van der Waals surface area contributed by atoms with E-state index in [4.69, 9.17) is 10.2 Å². The highest BCUT2D eigenvalue weighted by molar-refractivity contribution is 6.09. The molecule has 0 saturated heterocycles. The van der Waals surface area contributed by atoms with Gasteiger partial charge in [0.25, 0.3) is 0 Å². The molecule has 5 aromatic carbocycles. The Morgan fingerprint density at radius 1 is 0.750 bits per heavy atom. The summed E-state index contributed by atoms with van der Waals surface area (Å²) in [5.41, 5.74) is 22.8. The molecule has 0 aliphatic heterocycles. The van der Waals surface area contributed by atoms with Crippen LogP contribution in [0.5, 0.6) is 0 Å². The average molecular weight is 726 g/mol. The predicted molar refractivity (Wildman–Crippen MR) is 233 cm³/mol. The second-order valence-corrected chi connectivity index (χ2v) is 15.0. The number of benzene rings is 5. The maximum Gasteiger partial charge on any atom is 0.138 e. The molecule has 7 aromatic rings. The Morgan fingerprint density at radius 3 is 2.41 bits per heavy atom. The van der Waals surface area contributed by atoms with Crippen molar-refractivity contribution in [3.05, 3.63) is 209 Å². The summed E-state index contributed by atoms with van der Waals surface area (Å²) < 4.78 is 9.17. The largest absolute Gasteiger partial charge is 0.460 e. The molecular weight excluding hydrogens is 683 g/mol. The quantitative estimate of drug-likeness (QED) is 0.121. The lowest BCUT2D eigenvalue weighted by atomic mass is 9.86. The molecule has 0 bridgehead atoms. The fourth-order valence-corrected chi connectivity index (χ4v) is 8.73. The zero-order valence-electron chi connectivity index (χ0n) is 31.2. The van der Waals surface area contributed by atoms with Crippen LogP contribution in [0.15, 0.2) is 186 Å². The minimum Gasteiger partial charge on any atom is -0.460 e. The molecule has 3 N–H and O–H groups in total. The lowest BCUT2D eigenvalue weighted by molar-refractivity contribution is 0.528. The maximum atomic E-state index is 6.82. The van der Waals surface area contributed by atoms with Crippen molar-refractivity contribution in [2.24, 2.45) is 5.73 Å². The van der Waals surface area contributed by atoms with Gasteiger partial charge >= 0.3 is 0 Å². The molecule has 3 aliphatic rings. The molecule has 0 amide bonds. The van der Waals surface area contributed by atoms with Crippen LogP contribution < -0.4 is 11.1 Å². The number of nitrogens with two attached hydrogens (primary N) is 1. The first-order valence-electron chi connectivity index (χ1n) is 19.8. The number of nitrogens with one attached hydrogen (secondary N) is 1. The van der Waals surface area contributed by atoms with Crippen molar-refractivity contribution in [3.63, 3.8) is 0 Å². The van der Waals surface area contributed by atoms with Crippen LogP contribution in [0.25, 0.3) is 55.7 Å². The van der Waals surface area contributed by atoms with E-state index < -0.39 is 6.17 Å².